The van der Waals surface area contributed by atoms with Gasteiger partial charge in [-0.1, -0.05) is 12.1 Å². The molecule has 3 aromatic heterocycles. The Balaban J connectivity index is 1.41. The van der Waals surface area contributed by atoms with Crippen LogP contribution in [0.3, 0.4) is 0 Å². The molecule has 6 nitrogen and oxygen atoms in total. The molecule has 1 aromatic carbocycles. The minimum Gasteiger partial charge on any atom is -0.497 e. The molecule has 5 rings (SSSR count). The number of rotatable bonds is 5. The van der Waals surface area contributed by atoms with E-state index in [4.69, 9.17) is 14.8 Å². The molecule has 0 amide bonds. The van der Waals surface area contributed by atoms with Crippen LogP contribution in [0.4, 0.5) is 4.39 Å². The summed E-state index contributed by atoms with van der Waals surface area (Å²) >= 11 is 1.69. The van der Waals surface area contributed by atoms with Gasteiger partial charge in [0.15, 0.2) is 5.82 Å². The first-order chi connectivity index (χ1) is 14.7. The van der Waals surface area contributed by atoms with Crippen molar-refractivity contribution in [2.24, 2.45) is 0 Å². The van der Waals surface area contributed by atoms with E-state index in [1.54, 1.807) is 18.4 Å². The van der Waals surface area contributed by atoms with E-state index >= 15 is 0 Å². The third kappa shape index (κ3) is 3.82. The minimum atomic E-state index is -0.428. The summed E-state index contributed by atoms with van der Waals surface area (Å²) in [5, 5.41) is 5.78. The van der Waals surface area contributed by atoms with E-state index in [-0.39, 0.29) is 0 Å². The number of nitrogens with zero attached hydrogens (tertiary/aromatic N) is 5. The van der Waals surface area contributed by atoms with Gasteiger partial charge in [-0.25, -0.2) is 19.3 Å². The van der Waals surface area contributed by atoms with E-state index in [0.717, 1.165) is 47.0 Å². The van der Waals surface area contributed by atoms with Crippen LogP contribution in [0.2, 0.25) is 0 Å². The quantitative estimate of drug-likeness (QED) is 0.486. The highest BCUT2D eigenvalue weighted by Gasteiger charge is 2.22. The monoisotopic (exact) mass is 421 g/mol. The Kier molecular flexibility index (Phi) is 5.00. The van der Waals surface area contributed by atoms with Gasteiger partial charge >= 0.3 is 0 Å². The van der Waals surface area contributed by atoms with Crippen molar-refractivity contribution >= 4 is 11.3 Å². The van der Waals surface area contributed by atoms with Gasteiger partial charge in [0.1, 0.15) is 16.6 Å². The van der Waals surface area contributed by atoms with Crippen LogP contribution < -0.4 is 4.74 Å². The predicted molar refractivity (Wildman–Crippen MR) is 112 cm³/mol. The van der Waals surface area contributed by atoms with Crippen LogP contribution in [0.5, 0.6) is 5.75 Å². The van der Waals surface area contributed by atoms with Gasteiger partial charge in [-0.2, -0.15) is 5.10 Å². The van der Waals surface area contributed by atoms with E-state index in [9.17, 15) is 4.39 Å². The van der Waals surface area contributed by atoms with E-state index in [1.165, 1.54) is 22.8 Å². The summed E-state index contributed by atoms with van der Waals surface area (Å²) < 4.78 is 20.3. The van der Waals surface area contributed by atoms with Crippen molar-refractivity contribution in [1.29, 1.82) is 0 Å². The second-order valence-electron chi connectivity index (χ2n) is 7.26. The molecule has 8 heteroatoms. The minimum absolute atomic E-state index is 0.428. The van der Waals surface area contributed by atoms with Gasteiger partial charge < -0.3 is 4.74 Å². The van der Waals surface area contributed by atoms with Crippen LogP contribution in [-0.2, 0) is 25.8 Å². The van der Waals surface area contributed by atoms with Gasteiger partial charge in [-0.15, -0.1) is 11.3 Å². The maximum absolute atomic E-state index is 13.1. The molecule has 0 N–H and O–H groups in total. The number of thiazole rings is 1. The molecule has 3 heterocycles. The number of halogens is 1. The molecule has 0 bridgehead atoms. The topological polar surface area (TPSA) is 65.7 Å². The van der Waals surface area contributed by atoms with Crippen molar-refractivity contribution < 1.29 is 9.13 Å². The molecule has 0 saturated heterocycles. The third-order valence-corrected chi connectivity index (χ3v) is 6.25. The third-order valence-electron chi connectivity index (χ3n) is 5.14. The van der Waals surface area contributed by atoms with Crippen molar-refractivity contribution in [2.75, 3.05) is 7.11 Å². The van der Waals surface area contributed by atoms with Crippen LogP contribution in [0, 0.1) is 5.82 Å². The second-order valence-corrected chi connectivity index (χ2v) is 8.43. The molecule has 0 aliphatic heterocycles. The van der Waals surface area contributed by atoms with Gasteiger partial charge in [-0.05, 0) is 37.0 Å². The van der Waals surface area contributed by atoms with Crippen molar-refractivity contribution in [3.8, 4) is 17.0 Å². The van der Waals surface area contributed by atoms with Crippen molar-refractivity contribution in [2.45, 2.75) is 32.2 Å². The molecule has 0 atom stereocenters. The van der Waals surface area contributed by atoms with Crippen LogP contribution >= 0.6 is 11.3 Å². The molecule has 0 radical (unpaired) electrons. The Morgan fingerprint density at radius 2 is 1.93 bits per heavy atom. The summed E-state index contributed by atoms with van der Waals surface area (Å²) in [4.78, 5) is 14.3. The maximum atomic E-state index is 13.1. The van der Waals surface area contributed by atoms with Crippen LogP contribution in [0.1, 0.15) is 33.4 Å². The molecular weight excluding hydrogens is 401 g/mol. The van der Waals surface area contributed by atoms with Gasteiger partial charge in [0, 0.05) is 16.6 Å². The molecular formula is C22H20FN5OS. The van der Waals surface area contributed by atoms with Crippen molar-refractivity contribution in [3.63, 3.8) is 0 Å². The molecule has 4 aromatic rings. The Morgan fingerprint density at radius 1 is 1.13 bits per heavy atom. The predicted octanol–water partition coefficient (Wildman–Crippen LogP) is 4.07. The number of fused-ring (bicyclic) bond motifs is 3. The lowest BCUT2D eigenvalue weighted by Crippen LogP contribution is -2.01. The molecule has 0 unspecified atom stereocenters. The van der Waals surface area contributed by atoms with Gasteiger partial charge in [-0.3, -0.25) is 4.68 Å². The zero-order valence-electron chi connectivity index (χ0n) is 16.5. The Labute approximate surface area is 177 Å². The standard InChI is InChI=1S/C22H20FN5OS/c1-29-16-7-5-14(6-8-16)12-28-13-17-18(27-28)3-2-4-19-22(17)26-21(30-19)9-20-24-10-15(23)11-25-20/h5-8,10-11,13H,2-4,9,12H2,1H3. The summed E-state index contributed by atoms with van der Waals surface area (Å²) in [5.41, 5.74) is 4.39. The van der Waals surface area contributed by atoms with Crippen molar-refractivity contribution in [3.05, 3.63) is 75.6 Å². The smallest absolute Gasteiger partial charge is 0.159 e. The first-order valence-corrected chi connectivity index (χ1v) is 10.6. The Hall–Kier alpha value is -3.13. The Morgan fingerprint density at radius 3 is 2.70 bits per heavy atom. The highest BCUT2D eigenvalue weighted by Crippen LogP contribution is 2.35. The fourth-order valence-corrected chi connectivity index (χ4v) is 4.80. The number of hydrogen-bond donors (Lipinski definition) is 0. The second kappa shape index (κ2) is 7.95. The molecule has 0 spiro atoms. The lowest BCUT2D eigenvalue weighted by molar-refractivity contribution is 0.414. The van der Waals surface area contributed by atoms with E-state index in [2.05, 4.69) is 28.3 Å². The molecule has 1 aliphatic carbocycles. The van der Waals surface area contributed by atoms with E-state index in [1.807, 2.05) is 16.8 Å². The summed E-state index contributed by atoms with van der Waals surface area (Å²) in [6, 6.07) is 8.04. The highest BCUT2D eigenvalue weighted by molar-refractivity contribution is 7.12. The lowest BCUT2D eigenvalue weighted by atomic mass is 10.1. The number of hydrogen-bond acceptors (Lipinski definition) is 6. The molecule has 152 valence electrons. The summed E-state index contributed by atoms with van der Waals surface area (Å²) in [5.74, 6) is 0.998. The Bertz CT molecular complexity index is 1170. The summed E-state index contributed by atoms with van der Waals surface area (Å²) in [6.07, 6.45) is 7.99. The first kappa shape index (κ1) is 18.9. The largest absolute Gasteiger partial charge is 0.497 e. The molecule has 1 aliphatic rings. The zero-order chi connectivity index (χ0) is 20.5. The SMILES string of the molecule is COc1ccc(Cn2cc3c(n2)CCCc2sc(Cc4ncc(F)cn4)nc2-3)cc1. The average molecular weight is 422 g/mol. The number of aryl methyl sites for hydroxylation is 2. The van der Waals surface area contributed by atoms with Crippen LogP contribution in [0.25, 0.3) is 11.3 Å². The van der Waals surface area contributed by atoms with Crippen LogP contribution in [0.15, 0.2) is 42.9 Å². The summed E-state index contributed by atoms with van der Waals surface area (Å²) in [7, 11) is 1.67. The summed E-state index contributed by atoms with van der Waals surface area (Å²) in [6.45, 7) is 0.701. The lowest BCUT2D eigenvalue weighted by Gasteiger charge is -2.04. The normalized spacial score (nSPS) is 12.9. The number of benzene rings is 1. The molecule has 0 fully saturated rings. The maximum Gasteiger partial charge on any atom is 0.159 e. The number of ether oxygens (including phenoxy) is 1. The first-order valence-electron chi connectivity index (χ1n) is 9.82. The highest BCUT2D eigenvalue weighted by atomic mass is 32.1. The molecule has 0 saturated carbocycles. The van der Waals surface area contributed by atoms with Gasteiger partial charge in [0.25, 0.3) is 0 Å². The van der Waals surface area contributed by atoms with Gasteiger partial charge in [0.05, 0.1) is 43.9 Å². The zero-order valence-corrected chi connectivity index (χ0v) is 17.3. The van der Waals surface area contributed by atoms with E-state index < -0.39 is 5.82 Å². The average Bonchev–Trinajstić information content (AvgIpc) is 3.30. The molecule has 30 heavy (non-hydrogen) atoms. The number of methoxy groups -OCH3 is 1. The van der Waals surface area contributed by atoms with Gasteiger partial charge in [0.2, 0.25) is 0 Å². The van der Waals surface area contributed by atoms with Crippen molar-refractivity contribution in [1.82, 2.24) is 24.7 Å². The van der Waals surface area contributed by atoms with Crippen LogP contribution in [-0.4, -0.2) is 31.8 Å². The fourth-order valence-electron chi connectivity index (χ4n) is 3.68. The fraction of sp³-hybridized carbons (Fsp3) is 0.273. The number of aromatic nitrogens is 5. The van der Waals surface area contributed by atoms with E-state index in [0.29, 0.717) is 18.8 Å².